The topological polar surface area (TPSA) is 37.4 Å². The average molecular weight is 151 g/mol. The number of carbonyl (C=O) groups is 2. The molecule has 11 heavy (non-hydrogen) atoms. The molecular weight excluding hydrogens is 142 g/mol. The lowest BCUT2D eigenvalue weighted by atomic mass is 10.4. The van der Waals surface area contributed by atoms with Crippen molar-refractivity contribution in [3.05, 3.63) is 0 Å². The Bertz CT molecular complexity index is 211. The van der Waals surface area contributed by atoms with Crippen LogP contribution < -0.4 is 0 Å². The third kappa shape index (κ3) is 1.58. The van der Waals surface area contributed by atoms with Crippen molar-refractivity contribution in [2.24, 2.45) is 0 Å². The lowest BCUT2D eigenvalue weighted by molar-refractivity contribution is -0.138. The number of nitrogens with zero attached hydrogens (tertiary/aromatic N) is 1. The first kappa shape index (κ1) is 7.80. The van der Waals surface area contributed by atoms with E-state index in [0.29, 0.717) is 25.8 Å². The van der Waals surface area contributed by atoms with Crippen molar-refractivity contribution < 1.29 is 9.59 Å². The predicted molar refractivity (Wildman–Crippen MR) is 39.4 cm³/mol. The molecule has 0 unspecified atom stereocenters. The van der Waals surface area contributed by atoms with Crippen molar-refractivity contribution >= 4 is 11.8 Å². The van der Waals surface area contributed by atoms with E-state index in [2.05, 4.69) is 5.92 Å². The van der Waals surface area contributed by atoms with E-state index >= 15 is 0 Å². The fourth-order valence-corrected chi connectivity index (χ4v) is 1.05. The molecule has 2 amide bonds. The molecule has 0 aromatic rings. The molecule has 0 saturated carbocycles. The lowest BCUT2D eigenvalue weighted by Gasteiger charge is -2.10. The van der Waals surface area contributed by atoms with Crippen LogP contribution in [0.2, 0.25) is 0 Å². The van der Waals surface area contributed by atoms with Gasteiger partial charge in [-0.2, -0.15) is 0 Å². The van der Waals surface area contributed by atoms with Crippen molar-refractivity contribution in [1.29, 1.82) is 0 Å². The quantitative estimate of drug-likeness (QED) is 0.416. The highest BCUT2D eigenvalue weighted by molar-refractivity contribution is 6.01. The van der Waals surface area contributed by atoms with Gasteiger partial charge in [-0.3, -0.25) is 14.5 Å². The minimum absolute atomic E-state index is 0.0924. The summed E-state index contributed by atoms with van der Waals surface area (Å²) in [5, 5.41) is 0. The number of amides is 2. The molecule has 0 aromatic heterocycles. The summed E-state index contributed by atoms with van der Waals surface area (Å²) in [6.45, 7) is 0.383. The molecule has 1 aliphatic heterocycles. The first-order valence-corrected chi connectivity index (χ1v) is 3.52. The van der Waals surface area contributed by atoms with Crippen LogP contribution in [-0.4, -0.2) is 23.3 Å². The number of rotatable bonds is 2. The van der Waals surface area contributed by atoms with Gasteiger partial charge in [0.25, 0.3) is 0 Å². The summed E-state index contributed by atoms with van der Waals surface area (Å²) < 4.78 is 0. The highest BCUT2D eigenvalue weighted by atomic mass is 16.2. The fraction of sp³-hybridized carbons (Fsp3) is 0.500. The van der Waals surface area contributed by atoms with Crippen molar-refractivity contribution in [3.63, 3.8) is 0 Å². The Hall–Kier alpha value is -1.30. The molecule has 1 saturated heterocycles. The molecule has 0 atom stereocenters. The van der Waals surface area contributed by atoms with E-state index < -0.39 is 0 Å². The second kappa shape index (κ2) is 3.20. The van der Waals surface area contributed by atoms with Gasteiger partial charge in [0.15, 0.2) is 0 Å². The molecule has 1 heterocycles. The Labute approximate surface area is 65.4 Å². The summed E-state index contributed by atoms with van der Waals surface area (Å²) in [5.41, 5.74) is 0. The molecule has 0 N–H and O–H groups in total. The summed E-state index contributed by atoms with van der Waals surface area (Å²) in [5.74, 6) is 2.20. The Kier molecular flexibility index (Phi) is 2.27. The average Bonchev–Trinajstić information content (AvgIpc) is 2.29. The highest BCUT2D eigenvalue weighted by Gasteiger charge is 2.27. The molecule has 0 aliphatic carbocycles. The number of imide groups is 1. The van der Waals surface area contributed by atoms with E-state index in [-0.39, 0.29) is 11.8 Å². The molecule has 1 aliphatic rings. The first-order chi connectivity index (χ1) is 5.25. The van der Waals surface area contributed by atoms with Crippen LogP contribution in [0.4, 0.5) is 0 Å². The second-order valence-electron chi connectivity index (χ2n) is 2.39. The van der Waals surface area contributed by atoms with Crippen LogP contribution in [0.5, 0.6) is 0 Å². The predicted octanol–water partition coefficient (Wildman–Crippen LogP) is 0.159. The Morgan fingerprint density at radius 2 is 1.91 bits per heavy atom. The highest BCUT2D eigenvalue weighted by Crippen LogP contribution is 2.11. The van der Waals surface area contributed by atoms with Crippen LogP contribution in [0.15, 0.2) is 0 Å². The SMILES string of the molecule is C#CCCN1C(=O)CCC1=O. The van der Waals surface area contributed by atoms with Crippen LogP contribution in [0.1, 0.15) is 19.3 Å². The van der Waals surface area contributed by atoms with Gasteiger partial charge in [-0.05, 0) is 0 Å². The van der Waals surface area contributed by atoms with E-state index in [0.717, 1.165) is 0 Å². The van der Waals surface area contributed by atoms with Gasteiger partial charge >= 0.3 is 0 Å². The zero-order valence-electron chi connectivity index (χ0n) is 6.17. The van der Waals surface area contributed by atoms with Crippen LogP contribution in [0, 0.1) is 12.3 Å². The fourth-order valence-electron chi connectivity index (χ4n) is 1.05. The van der Waals surface area contributed by atoms with Gasteiger partial charge in [0.05, 0.1) is 0 Å². The van der Waals surface area contributed by atoms with Gasteiger partial charge in [-0.25, -0.2) is 0 Å². The van der Waals surface area contributed by atoms with Gasteiger partial charge in [0.1, 0.15) is 0 Å². The van der Waals surface area contributed by atoms with Crippen molar-refractivity contribution in [3.8, 4) is 12.3 Å². The van der Waals surface area contributed by atoms with Crippen molar-refractivity contribution in [2.75, 3.05) is 6.54 Å². The van der Waals surface area contributed by atoms with Gasteiger partial charge in [0.2, 0.25) is 11.8 Å². The van der Waals surface area contributed by atoms with Crippen LogP contribution in [0.3, 0.4) is 0 Å². The Morgan fingerprint density at radius 3 is 2.36 bits per heavy atom. The molecule has 1 fully saturated rings. The molecule has 58 valence electrons. The maximum absolute atomic E-state index is 10.9. The third-order valence-corrected chi connectivity index (χ3v) is 1.63. The number of hydrogen-bond donors (Lipinski definition) is 0. The third-order valence-electron chi connectivity index (χ3n) is 1.63. The van der Waals surface area contributed by atoms with E-state index in [1.165, 1.54) is 4.90 Å². The summed E-state index contributed by atoms with van der Waals surface area (Å²) in [6.07, 6.45) is 6.16. The van der Waals surface area contributed by atoms with Crippen molar-refractivity contribution in [1.82, 2.24) is 4.90 Å². The van der Waals surface area contributed by atoms with E-state index in [1.807, 2.05) is 0 Å². The smallest absolute Gasteiger partial charge is 0.229 e. The van der Waals surface area contributed by atoms with E-state index in [4.69, 9.17) is 6.42 Å². The monoisotopic (exact) mass is 151 g/mol. The molecule has 0 bridgehead atoms. The van der Waals surface area contributed by atoms with Gasteiger partial charge in [-0.1, -0.05) is 0 Å². The summed E-state index contributed by atoms with van der Waals surface area (Å²) in [4.78, 5) is 23.1. The molecule has 3 nitrogen and oxygen atoms in total. The van der Waals surface area contributed by atoms with Gasteiger partial charge < -0.3 is 0 Å². The molecule has 0 spiro atoms. The minimum atomic E-state index is -0.0924. The van der Waals surface area contributed by atoms with Gasteiger partial charge in [-0.15, -0.1) is 12.3 Å². The van der Waals surface area contributed by atoms with E-state index in [1.54, 1.807) is 0 Å². The number of terminal acetylenes is 1. The Morgan fingerprint density at radius 1 is 1.36 bits per heavy atom. The van der Waals surface area contributed by atoms with Crippen LogP contribution in [0.25, 0.3) is 0 Å². The van der Waals surface area contributed by atoms with E-state index in [9.17, 15) is 9.59 Å². The molecule has 0 aromatic carbocycles. The largest absolute Gasteiger partial charge is 0.282 e. The van der Waals surface area contributed by atoms with Crippen LogP contribution in [-0.2, 0) is 9.59 Å². The van der Waals surface area contributed by atoms with Crippen LogP contribution >= 0.6 is 0 Å². The Balaban J connectivity index is 2.49. The molecule has 0 radical (unpaired) electrons. The molecule has 3 heteroatoms. The number of hydrogen-bond acceptors (Lipinski definition) is 2. The first-order valence-electron chi connectivity index (χ1n) is 3.52. The molecular formula is C8H9NO2. The standard InChI is InChI=1S/C8H9NO2/c1-2-3-6-9-7(10)4-5-8(9)11/h1H,3-6H2. The number of carbonyl (C=O) groups excluding carboxylic acids is 2. The molecule has 1 rings (SSSR count). The minimum Gasteiger partial charge on any atom is -0.282 e. The summed E-state index contributed by atoms with van der Waals surface area (Å²) in [7, 11) is 0. The summed E-state index contributed by atoms with van der Waals surface area (Å²) >= 11 is 0. The maximum atomic E-state index is 10.9. The zero-order chi connectivity index (χ0) is 8.27. The summed E-state index contributed by atoms with van der Waals surface area (Å²) in [6, 6.07) is 0. The lowest BCUT2D eigenvalue weighted by Crippen LogP contribution is -2.29. The second-order valence-corrected chi connectivity index (χ2v) is 2.39. The normalized spacial score (nSPS) is 17.2. The van der Waals surface area contributed by atoms with Gasteiger partial charge in [0, 0.05) is 25.8 Å². The number of likely N-dealkylation sites (tertiary alicyclic amines) is 1. The maximum Gasteiger partial charge on any atom is 0.229 e. The zero-order valence-corrected chi connectivity index (χ0v) is 6.17. The van der Waals surface area contributed by atoms with Crippen molar-refractivity contribution in [2.45, 2.75) is 19.3 Å².